The summed E-state index contributed by atoms with van der Waals surface area (Å²) in [6, 6.07) is 12.0. The van der Waals surface area contributed by atoms with Crippen LogP contribution < -0.4 is 9.64 Å². The third kappa shape index (κ3) is 4.92. The van der Waals surface area contributed by atoms with E-state index in [0.717, 1.165) is 4.88 Å². The number of nitriles is 1. The van der Waals surface area contributed by atoms with Crippen LogP contribution >= 0.6 is 11.3 Å². The number of piperazine rings is 1. The number of carbonyl (C=O) groups excluding carboxylic acids is 1. The van der Waals surface area contributed by atoms with Gasteiger partial charge in [0.15, 0.2) is 18.2 Å². The third-order valence-corrected chi connectivity index (χ3v) is 5.61. The van der Waals surface area contributed by atoms with E-state index in [-0.39, 0.29) is 24.0 Å². The van der Waals surface area contributed by atoms with Gasteiger partial charge in [0.2, 0.25) is 17.5 Å². The number of rotatable bonds is 6. The zero-order chi connectivity index (χ0) is 21.6. The van der Waals surface area contributed by atoms with Gasteiger partial charge in [0.1, 0.15) is 6.07 Å². The highest BCUT2D eigenvalue weighted by Gasteiger charge is 2.26. The molecule has 158 valence electrons. The minimum atomic E-state index is -0.501. The summed E-state index contributed by atoms with van der Waals surface area (Å²) in [5, 5.41) is 11.4. The lowest BCUT2D eigenvalue weighted by Crippen LogP contribution is -2.50. The summed E-state index contributed by atoms with van der Waals surface area (Å²) < 4.78 is 24.7. The van der Waals surface area contributed by atoms with Gasteiger partial charge in [0.05, 0.1) is 0 Å². The quantitative estimate of drug-likeness (QED) is 0.584. The van der Waals surface area contributed by atoms with Gasteiger partial charge < -0.3 is 19.0 Å². The van der Waals surface area contributed by atoms with Gasteiger partial charge in [0.25, 0.3) is 5.91 Å². The molecule has 0 spiro atoms. The second-order valence-corrected chi connectivity index (χ2v) is 7.73. The minimum Gasteiger partial charge on any atom is -0.481 e. The summed E-state index contributed by atoms with van der Waals surface area (Å²) in [6.07, 6.45) is 3.61. The van der Waals surface area contributed by atoms with E-state index in [4.69, 9.17) is 9.15 Å². The number of anilines is 1. The number of ether oxygens (including phenoxy) is 1. The highest BCUT2D eigenvalue weighted by Crippen LogP contribution is 2.25. The van der Waals surface area contributed by atoms with Gasteiger partial charge in [0, 0.05) is 37.1 Å². The molecule has 0 aliphatic carbocycles. The summed E-state index contributed by atoms with van der Waals surface area (Å²) in [5.41, 5.74) is 0.216. The zero-order valence-electron chi connectivity index (χ0n) is 16.5. The number of thiophene rings is 1. The first-order valence-corrected chi connectivity index (χ1v) is 10.5. The molecule has 1 aliphatic heterocycles. The molecule has 3 aromatic rings. The highest BCUT2D eigenvalue weighted by atomic mass is 32.1. The number of nitrogens with zero attached hydrogens (tertiary/aromatic N) is 4. The molecular weight excluding hydrogens is 419 g/mol. The lowest BCUT2D eigenvalue weighted by atomic mass is 10.3. The Balaban J connectivity index is 1.34. The Hall–Kier alpha value is -3.64. The summed E-state index contributed by atoms with van der Waals surface area (Å²) in [4.78, 5) is 21.3. The molecule has 0 radical (unpaired) electrons. The lowest BCUT2D eigenvalue weighted by molar-refractivity contribution is -0.133. The Labute approximate surface area is 182 Å². The molecule has 0 saturated carbocycles. The van der Waals surface area contributed by atoms with Crippen molar-refractivity contribution in [3.05, 3.63) is 64.1 Å². The summed E-state index contributed by atoms with van der Waals surface area (Å²) >= 11 is 1.59. The molecule has 1 saturated heterocycles. The van der Waals surface area contributed by atoms with Crippen LogP contribution in [0.5, 0.6) is 5.75 Å². The van der Waals surface area contributed by atoms with E-state index in [1.807, 2.05) is 28.5 Å². The van der Waals surface area contributed by atoms with Crippen molar-refractivity contribution in [2.24, 2.45) is 0 Å². The number of carbonyl (C=O) groups is 1. The summed E-state index contributed by atoms with van der Waals surface area (Å²) in [7, 11) is 0. The fraction of sp³-hybridized carbons (Fsp3) is 0.227. The molecule has 9 heteroatoms. The Morgan fingerprint density at radius 2 is 2.03 bits per heavy atom. The van der Waals surface area contributed by atoms with E-state index >= 15 is 0 Å². The SMILES string of the molecule is N#Cc1nc(C=Cc2cccs2)oc1N1CCN(C(=O)COc2ccccc2F)CC1. The normalized spacial score (nSPS) is 14.1. The van der Waals surface area contributed by atoms with E-state index in [1.54, 1.807) is 34.4 Å². The molecule has 0 N–H and O–H groups in total. The molecule has 3 heterocycles. The predicted octanol–water partition coefficient (Wildman–Crippen LogP) is 3.64. The molecule has 31 heavy (non-hydrogen) atoms. The first-order chi connectivity index (χ1) is 15.1. The summed E-state index contributed by atoms with van der Waals surface area (Å²) in [5.74, 6) is 0.0941. The maximum Gasteiger partial charge on any atom is 0.260 e. The second kappa shape index (κ2) is 9.45. The van der Waals surface area contributed by atoms with Crippen molar-refractivity contribution in [2.75, 3.05) is 37.7 Å². The lowest BCUT2D eigenvalue weighted by Gasteiger charge is -2.34. The molecule has 4 rings (SSSR count). The van der Waals surface area contributed by atoms with Crippen LogP contribution in [0.15, 0.2) is 46.2 Å². The summed E-state index contributed by atoms with van der Waals surface area (Å²) in [6.45, 7) is 1.62. The van der Waals surface area contributed by atoms with E-state index in [0.29, 0.717) is 38.0 Å². The van der Waals surface area contributed by atoms with Crippen LogP contribution in [0.1, 0.15) is 16.5 Å². The first-order valence-electron chi connectivity index (χ1n) is 9.66. The number of amides is 1. The number of aromatic nitrogens is 1. The second-order valence-electron chi connectivity index (χ2n) is 6.75. The molecule has 0 atom stereocenters. The van der Waals surface area contributed by atoms with E-state index in [9.17, 15) is 14.4 Å². The standard InChI is InChI=1S/C22H19FN4O3S/c23-17-5-1-2-6-19(17)29-15-21(28)26-9-11-27(12-10-26)22-18(14-24)25-20(30-22)8-7-16-4-3-13-31-16/h1-8,13H,9-12,15H2. The molecule has 0 unspecified atom stereocenters. The predicted molar refractivity (Wildman–Crippen MR) is 115 cm³/mol. The molecule has 1 aromatic carbocycles. The van der Waals surface area contributed by atoms with E-state index in [1.165, 1.54) is 12.1 Å². The average molecular weight is 438 g/mol. The van der Waals surface area contributed by atoms with Crippen molar-refractivity contribution in [1.82, 2.24) is 9.88 Å². The monoisotopic (exact) mass is 438 g/mol. The molecule has 1 amide bonds. The van der Waals surface area contributed by atoms with Crippen LogP contribution in [0.2, 0.25) is 0 Å². The maximum atomic E-state index is 13.6. The van der Waals surface area contributed by atoms with Gasteiger partial charge in [-0.05, 0) is 29.7 Å². The van der Waals surface area contributed by atoms with E-state index < -0.39 is 5.82 Å². The van der Waals surface area contributed by atoms with Crippen molar-refractivity contribution in [3.63, 3.8) is 0 Å². The number of benzene rings is 1. The molecule has 1 aliphatic rings. The van der Waals surface area contributed by atoms with Gasteiger partial charge >= 0.3 is 0 Å². The maximum absolute atomic E-state index is 13.6. The van der Waals surface area contributed by atoms with Gasteiger partial charge in [-0.1, -0.05) is 18.2 Å². The molecule has 1 fully saturated rings. The van der Waals surface area contributed by atoms with Crippen molar-refractivity contribution in [1.29, 1.82) is 5.26 Å². The number of halogens is 1. The highest BCUT2D eigenvalue weighted by molar-refractivity contribution is 7.10. The van der Waals surface area contributed by atoms with E-state index in [2.05, 4.69) is 11.1 Å². The van der Waals surface area contributed by atoms with Crippen LogP contribution in [0.25, 0.3) is 12.2 Å². The van der Waals surface area contributed by atoms with Crippen molar-refractivity contribution in [2.45, 2.75) is 0 Å². The van der Waals surface area contributed by atoms with Crippen LogP contribution in [-0.2, 0) is 4.79 Å². The Bertz CT molecular complexity index is 1110. The van der Waals surface area contributed by atoms with Crippen LogP contribution in [0.4, 0.5) is 10.3 Å². The van der Waals surface area contributed by atoms with Crippen molar-refractivity contribution in [3.8, 4) is 11.8 Å². The molecule has 7 nitrogen and oxygen atoms in total. The number of hydrogen-bond acceptors (Lipinski definition) is 7. The fourth-order valence-corrected chi connectivity index (χ4v) is 3.80. The van der Waals surface area contributed by atoms with Crippen LogP contribution in [0, 0.1) is 17.1 Å². The number of para-hydroxylation sites is 1. The molecule has 0 bridgehead atoms. The smallest absolute Gasteiger partial charge is 0.260 e. The van der Waals surface area contributed by atoms with Crippen molar-refractivity contribution < 1.29 is 18.3 Å². The third-order valence-electron chi connectivity index (χ3n) is 4.77. The van der Waals surface area contributed by atoms with Gasteiger partial charge in [-0.2, -0.15) is 10.2 Å². The Morgan fingerprint density at radius 3 is 2.74 bits per heavy atom. The number of oxazole rings is 1. The van der Waals surface area contributed by atoms with Crippen LogP contribution in [0.3, 0.4) is 0 Å². The average Bonchev–Trinajstić information content (AvgIpc) is 3.47. The minimum absolute atomic E-state index is 0.0536. The van der Waals surface area contributed by atoms with Gasteiger partial charge in [-0.3, -0.25) is 4.79 Å². The Kier molecular flexibility index (Phi) is 6.29. The number of hydrogen-bond donors (Lipinski definition) is 0. The largest absolute Gasteiger partial charge is 0.481 e. The zero-order valence-corrected chi connectivity index (χ0v) is 17.3. The molecule has 2 aromatic heterocycles. The first kappa shape index (κ1) is 20.6. The van der Waals surface area contributed by atoms with Gasteiger partial charge in [-0.25, -0.2) is 4.39 Å². The molecular formula is C22H19FN4O3S. The van der Waals surface area contributed by atoms with Crippen molar-refractivity contribution >= 4 is 35.3 Å². The topological polar surface area (TPSA) is 82.6 Å². The Morgan fingerprint density at radius 1 is 1.23 bits per heavy atom. The van der Waals surface area contributed by atoms with Gasteiger partial charge in [-0.15, -0.1) is 11.3 Å². The van der Waals surface area contributed by atoms with Crippen LogP contribution in [-0.4, -0.2) is 48.6 Å². The fourth-order valence-electron chi connectivity index (χ4n) is 3.18.